The van der Waals surface area contributed by atoms with Crippen LogP contribution in [0.4, 0.5) is 11.6 Å². The summed E-state index contributed by atoms with van der Waals surface area (Å²) >= 11 is 6.10. The highest BCUT2D eigenvalue weighted by molar-refractivity contribution is 6.28. The van der Waals surface area contributed by atoms with E-state index in [4.69, 9.17) is 23.1 Å². The minimum Gasteiger partial charge on any atom is -0.382 e. The van der Waals surface area contributed by atoms with Crippen LogP contribution in [0.1, 0.15) is 0 Å². The number of imidazole rings is 2. The van der Waals surface area contributed by atoms with Crippen molar-refractivity contribution in [3.05, 3.63) is 30.6 Å². The Labute approximate surface area is 154 Å². The lowest BCUT2D eigenvalue weighted by atomic mass is 10.5. The van der Waals surface area contributed by atoms with Crippen molar-refractivity contribution < 1.29 is 0 Å². The number of fused-ring (bicyclic) bond motifs is 2. The molecule has 14 heteroatoms. The first-order chi connectivity index (χ1) is 13.1. The highest BCUT2D eigenvalue weighted by atomic mass is 35.5. The quantitative estimate of drug-likeness (QED) is 0.418. The first kappa shape index (κ1) is 15.3. The van der Waals surface area contributed by atoms with Gasteiger partial charge in [0.2, 0.25) is 17.2 Å². The van der Waals surface area contributed by atoms with Gasteiger partial charge in [-0.3, -0.25) is 9.13 Å². The normalized spacial score (nSPS) is 11.4. The third-order valence-corrected chi connectivity index (χ3v) is 3.91. The van der Waals surface area contributed by atoms with Crippen molar-refractivity contribution in [1.82, 2.24) is 54.0 Å². The standard InChI is InChI=1S/C13H8ClN13/c14-11-23-12(26-3-21-5-7(15)17-1-19-9(5)26)25-13(24-11)27-4-22-6-8(16)18-2-20-10(6)27/h1-4H,(H2,15,17,19)(H2,16,18,20). The molecule has 132 valence electrons. The highest BCUT2D eigenvalue weighted by Crippen LogP contribution is 2.20. The molecule has 27 heavy (non-hydrogen) atoms. The Hall–Kier alpha value is -4.00. The summed E-state index contributed by atoms with van der Waals surface area (Å²) in [5, 5.41) is -0.0391. The average Bonchev–Trinajstić information content (AvgIpc) is 3.27. The van der Waals surface area contributed by atoms with Gasteiger partial charge in [-0.1, -0.05) is 0 Å². The van der Waals surface area contributed by atoms with Crippen molar-refractivity contribution in [2.75, 3.05) is 11.5 Å². The molecule has 0 bridgehead atoms. The van der Waals surface area contributed by atoms with Gasteiger partial charge in [-0.25, -0.2) is 29.9 Å². The van der Waals surface area contributed by atoms with E-state index in [-0.39, 0.29) is 28.8 Å². The lowest BCUT2D eigenvalue weighted by Gasteiger charge is -2.06. The molecule has 0 radical (unpaired) electrons. The number of nitrogens with two attached hydrogens (primary N) is 2. The fourth-order valence-electron chi connectivity index (χ4n) is 2.54. The summed E-state index contributed by atoms with van der Waals surface area (Å²) in [5.41, 5.74) is 13.3. The Morgan fingerprint density at radius 1 is 0.667 bits per heavy atom. The summed E-state index contributed by atoms with van der Waals surface area (Å²) in [6.45, 7) is 0. The maximum Gasteiger partial charge on any atom is 0.242 e. The molecule has 0 aromatic carbocycles. The van der Waals surface area contributed by atoms with Crippen molar-refractivity contribution in [2.24, 2.45) is 0 Å². The zero-order valence-electron chi connectivity index (χ0n) is 13.3. The first-order valence-corrected chi connectivity index (χ1v) is 7.79. The van der Waals surface area contributed by atoms with Crippen molar-refractivity contribution in [1.29, 1.82) is 0 Å². The molecular formula is C13H8ClN13. The zero-order chi connectivity index (χ0) is 18.5. The van der Waals surface area contributed by atoms with Gasteiger partial charge in [0.1, 0.15) is 25.3 Å². The second-order valence-corrected chi connectivity index (χ2v) is 5.63. The second kappa shape index (κ2) is 5.50. The summed E-state index contributed by atoms with van der Waals surface area (Å²) in [6, 6.07) is 0. The summed E-state index contributed by atoms with van der Waals surface area (Å²) < 4.78 is 3.04. The van der Waals surface area contributed by atoms with Crippen LogP contribution in [0, 0.1) is 0 Å². The molecule has 0 aliphatic heterocycles. The van der Waals surface area contributed by atoms with Gasteiger partial charge >= 0.3 is 0 Å². The smallest absolute Gasteiger partial charge is 0.242 e. The lowest BCUT2D eigenvalue weighted by Crippen LogP contribution is -2.09. The van der Waals surface area contributed by atoms with Gasteiger partial charge in [0.25, 0.3) is 0 Å². The molecule has 0 amide bonds. The molecule has 4 N–H and O–H groups in total. The fraction of sp³-hybridized carbons (Fsp3) is 0. The van der Waals surface area contributed by atoms with Crippen LogP contribution in [0.25, 0.3) is 34.2 Å². The Bertz CT molecular complexity index is 1220. The van der Waals surface area contributed by atoms with Gasteiger partial charge in [0.15, 0.2) is 34.0 Å². The van der Waals surface area contributed by atoms with E-state index in [2.05, 4.69) is 44.9 Å². The first-order valence-electron chi connectivity index (χ1n) is 7.41. The lowest BCUT2D eigenvalue weighted by molar-refractivity contribution is 0.848. The minimum absolute atomic E-state index is 0.0391. The van der Waals surface area contributed by atoms with Gasteiger partial charge in [-0.2, -0.15) is 15.0 Å². The zero-order valence-corrected chi connectivity index (χ0v) is 14.0. The van der Waals surface area contributed by atoms with Crippen LogP contribution in [-0.4, -0.2) is 54.0 Å². The van der Waals surface area contributed by atoms with Gasteiger partial charge in [-0.15, -0.1) is 0 Å². The molecule has 5 heterocycles. The molecule has 0 spiro atoms. The Kier molecular flexibility index (Phi) is 3.11. The number of hydrogen-bond donors (Lipinski definition) is 2. The summed E-state index contributed by atoms with van der Waals surface area (Å²) in [4.78, 5) is 37.2. The molecule has 0 fully saturated rings. The van der Waals surface area contributed by atoms with Crippen LogP contribution in [0.5, 0.6) is 0 Å². The Morgan fingerprint density at radius 3 is 1.63 bits per heavy atom. The van der Waals surface area contributed by atoms with Gasteiger partial charge in [-0.05, 0) is 11.6 Å². The maximum absolute atomic E-state index is 6.10. The van der Waals surface area contributed by atoms with E-state index in [1.165, 1.54) is 34.4 Å². The Balaban J connectivity index is 1.73. The highest BCUT2D eigenvalue weighted by Gasteiger charge is 2.16. The molecule has 0 saturated heterocycles. The number of nitrogens with zero attached hydrogens (tertiary/aromatic N) is 11. The van der Waals surface area contributed by atoms with Crippen LogP contribution in [-0.2, 0) is 0 Å². The number of halogens is 1. The minimum atomic E-state index is -0.0391. The number of anilines is 2. The van der Waals surface area contributed by atoms with E-state index in [0.29, 0.717) is 22.3 Å². The van der Waals surface area contributed by atoms with Crippen molar-refractivity contribution in [3.63, 3.8) is 0 Å². The molecule has 5 aromatic rings. The molecular weight excluding hydrogens is 374 g/mol. The largest absolute Gasteiger partial charge is 0.382 e. The van der Waals surface area contributed by atoms with Crippen molar-refractivity contribution >= 4 is 45.6 Å². The number of rotatable bonds is 2. The summed E-state index contributed by atoms with van der Waals surface area (Å²) in [7, 11) is 0. The number of hydrogen-bond acceptors (Lipinski definition) is 11. The average molecular weight is 382 g/mol. The van der Waals surface area contributed by atoms with Crippen molar-refractivity contribution in [3.8, 4) is 11.9 Å². The molecule has 5 rings (SSSR count). The van der Waals surface area contributed by atoms with E-state index in [0.717, 1.165) is 0 Å². The van der Waals surface area contributed by atoms with E-state index in [1.807, 2.05) is 0 Å². The third-order valence-electron chi connectivity index (χ3n) is 3.74. The topological polar surface area (TPSA) is 178 Å². The SMILES string of the molecule is Nc1ncnc2c1ncn2-c1nc(Cl)nc(-n2cnc3c(N)ncnc32)n1. The van der Waals surface area contributed by atoms with Crippen molar-refractivity contribution in [2.45, 2.75) is 0 Å². The van der Waals surface area contributed by atoms with Crippen LogP contribution in [0.3, 0.4) is 0 Å². The van der Waals surface area contributed by atoms with E-state index >= 15 is 0 Å². The summed E-state index contributed by atoms with van der Waals surface area (Å²) in [6.07, 6.45) is 5.58. The molecule has 0 unspecified atom stereocenters. The van der Waals surface area contributed by atoms with Gasteiger partial charge in [0.05, 0.1) is 0 Å². The van der Waals surface area contributed by atoms with Crippen LogP contribution >= 0.6 is 11.6 Å². The van der Waals surface area contributed by atoms with E-state index < -0.39 is 0 Å². The van der Waals surface area contributed by atoms with Gasteiger partial charge in [0, 0.05) is 0 Å². The monoisotopic (exact) mass is 381 g/mol. The number of aromatic nitrogens is 11. The molecule has 13 nitrogen and oxygen atoms in total. The predicted molar refractivity (Wildman–Crippen MR) is 94.1 cm³/mol. The summed E-state index contributed by atoms with van der Waals surface area (Å²) in [5.74, 6) is 0.864. The molecule has 0 atom stereocenters. The molecule has 0 aliphatic rings. The molecule has 5 aromatic heterocycles. The van der Waals surface area contributed by atoms with E-state index in [9.17, 15) is 0 Å². The fourth-order valence-corrected chi connectivity index (χ4v) is 2.69. The number of nitrogen functional groups attached to an aromatic ring is 2. The second-order valence-electron chi connectivity index (χ2n) is 5.30. The van der Waals surface area contributed by atoms with Crippen LogP contribution in [0.2, 0.25) is 5.28 Å². The predicted octanol–water partition coefficient (Wildman–Crippen LogP) is -0.0528. The van der Waals surface area contributed by atoms with Gasteiger partial charge < -0.3 is 11.5 Å². The molecule has 0 aliphatic carbocycles. The Morgan fingerprint density at radius 2 is 1.15 bits per heavy atom. The van der Waals surface area contributed by atoms with Crippen LogP contribution < -0.4 is 11.5 Å². The molecule has 0 saturated carbocycles. The third kappa shape index (κ3) is 2.29. The van der Waals surface area contributed by atoms with Crippen LogP contribution in [0.15, 0.2) is 25.3 Å². The maximum atomic E-state index is 6.10. The van der Waals surface area contributed by atoms with E-state index in [1.54, 1.807) is 0 Å².